The van der Waals surface area contributed by atoms with E-state index in [2.05, 4.69) is 39.5 Å². The van der Waals surface area contributed by atoms with Gasteiger partial charge in [-0.2, -0.15) is 0 Å². The average Bonchev–Trinajstić information content (AvgIpc) is 3.32. The molecule has 1 amide bonds. The lowest BCUT2D eigenvalue weighted by molar-refractivity contribution is 0.0938. The van der Waals surface area contributed by atoms with Gasteiger partial charge in [-0.15, -0.1) is 10.2 Å². The molecule has 1 aliphatic rings. The van der Waals surface area contributed by atoms with E-state index >= 15 is 0 Å². The van der Waals surface area contributed by atoms with Crippen LogP contribution in [0.4, 0.5) is 0 Å². The number of hydrogen-bond acceptors (Lipinski definition) is 6. The number of aromatic nitrogens is 3. The Morgan fingerprint density at radius 3 is 2.49 bits per heavy atom. The minimum atomic E-state index is -0.184. The second-order valence-electron chi connectivity index (χ2n) is 9.64. The molecular formula is C29H39N5O3. The second kappa shape index (κ2) is 12.7. The van der Waals surface area contributed by atoms with Crippen molar-refractivity contribution >= 4 is 5.91 Å². The molecule has 198 valence electrons. The second-order valence-corrected chi connectivity index (χ2v) is 9.64. The van der Waals surface area contributed by atoms with Gasteiger partial charge in [0.05, 0.1) is 14.2 Å². The third kappa shape index (κ3) is 6.31. The Morgan fingerprint density at radius 2 is 1.78 bits per heavy atom. The van der Waals surface area contributed by atoms with E-state index < -0.39 is 0 Å². The van der Waals surface area contributed by atoms with Gasteiger partial charge in [0.25, 0.3) is 5.91 Å². The Hall–Kier alpha value is -3.39. The van der Waals surface area contributed by atoms with Crippen molar-refractivity contribution in [1.82, 2.24) is 25.0 Å². The molecule has 0 saturated heterocycles. The predicted octanol–water partition coefficient (Wildman–Crippen LogP) is 4.28. The Bertz CT molecular complexity index is 1180. The van der Waals surface area contributed by atoms with Crippen molar-refractivity contribution < 1.29 is 14.3 Å². The summed E-state index contributed by atoms with van der Waals surface area (Å²) < 4.78 is 12.8. The number of unbranched alkanes of at least 4 members (excludes halogenated alkanes) is 1. The van der Waals surface area contributed by atoms with E-state index in [1.165, 1.54) is 11.1 Å². The van der Waals surface area contributed by atoms with Crippen molar-refractivity contribution in [3.8, 4) is 22.9 Å². The molecule has 2 aromatic carbocycles. The number of methoxy groups -OCH3 is 2. The highest BCUT2D eigenvalue weighted by Crippen LogP contribution is 2.35. The molecule has 1 aliphatic carbocycles. The summed E-state index contributed by atoms with van der Waals surface area (Å²) in [6.07, 6.45) is 6.31. The largest absolute Gasteiger partial charge is 0.493 e. The van der Waals surface area contributed by atoms with Crippen LogP contribution in [0.5, 0.6) is 11.5 Å². The molecule has 1 atom stereocenters. The summed E-state index contributed by atoms with van der Waals surface area (Å²) in [4.78, 5) is 15.3. The monoisotopic (exact) mass is 505 g/mol. The fourth-order valence-electron chi connectivity index (χ4n) is 5.23. The van der Waals surface area contributed by atoms with E-state index in [0.717, 1.165) is 68.7 Å². The van der Waals surface area contributed by atoms with Gasteiger partial charge >= 0.3 is 0 Å². The van der Waals surface area contributed by atoms with Gasteiger partial charge in [-0.3, -0.25) is 4.79 Å². The smallest absolute Gasteiger partial charge is 0.289 e. The maximum Gasteiger partial charge on any atom is 0.289 e. The van der Waals surface area contributed by atoms with Gasteiger partial charge in [-0.1, -0.05) is 37.3 Å². The van der Waals surface area contributed by atoms with Gasteiger partial charge in [-0.05, 0) is 74.9 Å². The summed E-state index contributed by atoms with van der Waals surface area (Å²) in [5.41, 5.74) is 3.67. The summed E-state index contributed by atoms with van der Waals surface area (Å²) in [5.74, 6) is 2.45. The zero-order valence-corrected chi connectivity index (χ0v) is 22.5. The molecular weight excluding hydrogens is 466 g/mol. The number of carbonyl (C=O) groups excluding carboxylic acids is 1. The van der Waals surface area contributed by atoms with Gasteiger partial charge in [0, 0.05) is 25.2 Å². The number of benzene rings is 2. The van der Waals surface area contributed by atoms with Crippen LogP contribution in [0.1, 0.15) is 54.4 Å². The Balaban J connectivity index is 1.27. The number of amides is 1. The highest BCUT2D eigenvalue weighted by Gasteiger charge is 2.25. The molecule has 0 saturated carbocycles. The first kappa shape index (κ1) is 26.7. The first-order valence-corrected chi connectivity index (χ1v) is 13.3. The number of carbonyl (C=O) groups is 1. The molecule has 1 N–H and O–H groups in total. The van der Waals surface area contributed by atoms with E-state index in [9.17, 15) is 4.79 Å². The van der Waals surface area contributed by atoms with Crippen LogP contribution in [0.15, 0.2) is 42.5 Å². The van der Waals surface area contributed by atoms with Crippen LogP contribution in [-0.2, 0) is 19.9 Å². The summed E-state index contributed by atoms with van der Waals surface area (Å²) in [6, 6.07) is 14.6. The van der Waals surface area contributed by atoms with Crippen molar-refractivity contribution in [2.75, 3.05) is 33.9 Å². The van der Waals surface area contributed by atoms with Crippen LogP contribution >= 0.6 is 0 Å². The molecule has 1 heterocycles. The van der Waals surface area contributed by atoms with Crippen LogP contribution < -0.4 is 14.8 Å². The summed E-state index contributed by atoms with van der Waals surface area (Å²) in [5, 5.41) is 11.4. The normalized spacial score (nSPS) is 14.9. The van der Waals surface area contributed by atoms with Crippen molar-refractivity contribution in [2.45, 2.75) is 51.5 Å². The SMILES string of the molecule is CCCN(CCCCNC(=O)c1nnc(-c2ccccc2)n1C)C1CCc2cc(OC)c(OC)cc2C1. The average molecular weight is 506 g/mol. The van der Waals surface area contributed by atoms with Gasteiger partial charge in [0.2, 0.25) is 5.82 Å². The lowest BCUT2D eigenvalue weighted by Gasteiger charge is -2.35. The topological polar surface area (TPSA) is 81.5 Å². The molecule has 0 aliphatic heterocycles. The zero-order valence-electron chi connectivity index (χ0n) is 22.5. The number of nitrogens with zero attached hydrogens (tertiary/aromatic N) is 4. The van der Waals surface area contributed by atoms with Gasteiger partial charge in [-0.25, -0.2) is 0 Å². The Morgan fingerprint density at radius 1 is 1.05 bits per heavy atom. The van der Waals surface area contributed by atoms with Gasteiger partial charge in [0.1, 0.15) is 0 Å². The predicted molar refractivity (Wildman–Crippen MR) is 145 cm³/mol. The molecule has 8 heteroatoms. The first-order valence-electron chi connectivity index (χ1n) is 13.3. The highest BCUT2D eigenvalue weighted by atomic mass is 16.5. The maximum absolute atomic E-state index is 12.7. The lowest BCUT2D eigenvalue weighted by Crippen LogP contribution is -2.40. The molecule has 3 aromatic rings. The number of nitrogens with one attached hydrogen (secondary N) is 1. The molecule has 1 unspecified atom stereocenters. The third-order valence-corrected chi connectivity index (χ3v) is 7.20. The standard InChI is InChI=1S/C29H39N5O3/c1-5-16-34(24-14-13-22-19-25(36-3)26(37-4)20-23(22)18-24)17-10-9-15-30-29(35)28-32-31-27(33(28)2)21-11-7-6-8-12-21/h6-8,11-12,19-20,24H,5,9-10,13-18H2,1-4H3,(H,30,35). The lowest BCUT2D eigenvalue weighted by atomic mass is 9.86. The fraction of sp³-hybridized carbons (Fsp3) is 0.483. The van der Waals surface area contributed by atoms with E-state index in [4.69, 9.17) is 9.47 Å². The Labute approximate surface area is 220 Å². The summed E-state index contributed by atoms with van der Waals surface area (Å²) >= 11 is 0. The minimum Gasteiger partial charge on any atom is -0.493 e. The maximum atomic E-state index is 12.7. The van der Waals surface area contributed by atoms with Crippen LogP contribution in [0.3, 0.4) is 0 Å². The number of hydrogen-bond donors (Lipinski definition) is 1. The van der Waals surface area contributed by atoms with E-state index in [1.807, 2.05) is 37.4 Å². The molecule has 37 heavy (non-hydrogen) atoms. The molecule has 4 rings (SSSR count). The molecule has 8 nitrogen and oxygen atoms in total. The third-order valence-electron chi connectivity index (χ3n) is 7.20. The van der Waals surface area contributed by atoms with Gasteiger partial charge < -0.3 is 24.3 Å². The highest BCUT2D eigenvalue weighted by molar-refractivity contribution is 5.91. The van der Waals surface area contributed by atoms with E-state index in [1.54, 1.807) is 18.8 Å². The van der Waals surface area contributed by atoms with E-state index in [-0.39, 0.29) is 5.91 Å². The van der Waals surface area contributed by atoms with Gasteiger partial charge in [0.15, 0.2) is 17.3 Å². The molecule has 0 fully saturated rings. The Kier molecular flexibility index (Phi) is 9.17. The van der Waals surface area contributed by atoms with Crippen LogP contribution in [0.25, 0.3) is 11.4 Å². The van der Waals surface area contributed by atoms with Crippen molar-refractivity contribution in [2.24, 2.45) is 7.05 Å². The van der Waals surface area contributed by atoms with E-state index in [0.29, 0.717) is 24.2 Å². The minimum absolute atomic E-state index is 0.184. The summed E-state index contributed by atoms with van der Waals surface area (Å²) in [6.45, 7) is 4.97. The summed E-state index contributed by atoms with van der Waals surface area (Å²) in [7, 11) is 5.21. The first-order chi connectivity index (χ1) is 18.0. The quantitative estimate of drug-likeness (QED) is 0.370. The molecule has 1 aromatic heterocycles. The van der Waals surface area contributed by atoms with Crippen LogP contribution in [0, 0.1) is 0 Å². The van der Waals surface area contributed by atoms with Crippen molar-refractivity contribution in [3.63, 3.8) is 0 Å². The molecule has 0 spiro atoms. The fourth-order valence-corrected chi connectivity index (χ4v) is 5.23. The number of fused-ring (bicyclic) bond motifs is 1. The molecule has 0 radical (unpaired) electrons. The number of rotatable bonds is 12. The number of ether oxygens (including phenoxy) is 2. The van der Waals surface area contributed by atoms with Crippen molar-refractivity contribution in [1.29, 1.82) is 0 Å². The van der Waals surface area contributed by atoms with Crippen molar-refractivity contribution in [3.05, 3.63) is 59.4 Å². The van der Waals surface area contributed by atoms with Crippen LogP contribution in [-0.4, -0.2) is 65.5 Å². The molecule has 0 bridgehead atoms. The number of aryl methyl sites for hydroxylation is 1. The van der Waals surface area contributed by atoms with Crippen LogP contribution in [0.2, 0.25) is 0 Å². The zero-order chi connectivity index (χ0) is 26.2.